The number of hydrogen-bond donors (Lipinski definition) is 0. The molecule has 2 atom stereocenters. The average Bonchev–Trinajstić information content (AvgIpc) is 3.14. The molecule has 0 radical (unpaired) electrons. The third-order valence-corrected chi connectivity index (χ3v) is 8.80. The molecule has 2 aliphatic rings. The van der Waals surface area contributed by atoms with Crippen molar-refractivity contribution in [2.75, 3.05) is 16.4 Å². The van der Waals surface area contributed by atoms with E-state index in [4.69, 9.17) is 0 Å². The van der Waals surface area contributed by atoms with Crippen molar-refractivity contribution < 1.29 is 13.2 Å². The minimum absolute atomic E-state index is 0.0828. The fourth-order valence-corrected chi connectivity index (χ4v) is 7.83. The highest BCUT2D eigenvalue weighted by Crippen LogP contribution is 2.42. The standard InChI is InChI=1S/C22H24N2O3S2/c1-15-7-6-10-18(16(15)2)24-19-13-29(26,27)14-20(19)28-22(24)23-21(25)12-11-17-8-4-3-5-9-17/h3-10,19-20H,11-14H2,1-2H3/t19-,20+/m1/s1. The minimum Gasteiger partial charge on any atom is -0.315 e. The van der Waals surface area contributed by atoms with Gasteiger partial charge in [0.25, 0.3) is 0 Å². The van der Waals surface area contributed by atoms with Crippen LogP contribution in [0.15, 0.2) is 53.5 Å². The molecule has 4 rings (SSSR count). The molecule has 0 spiro atoms. The lowest BCUT2D eigenvalue weighted by molar-refractivity contribution is -0.117. The molecule has 0 saturated carbocycles. The van der Waals surface area contributed by atoms with Gasteiger partial charge in [-0.25, -0.2) is 8.42 Å². The normalized spacial score (nSPS) is 24.1. The fraction of sp³-hybridized carbons (Fsp3) is 0.364. The van der Waals surface area contributed by atoms with Crippen LogP contribution in [-0.2, 0) is 21.1 Å². The second-order valence-corrected chi connectivity index (χ2v) is 11.0. The summed E-state index contributed by atoms with van der Waals surface area (Å²) < 4.78 is 24.4. The molecule has 0 aliphatic carbocycles. The van der Waals surface area contributed by atoms with E-state index in [0.29, 0.717) is 18.0 Å². The highest BCUT2D eigenvalue weighted by molar-refractivity contribution is 8.16. The molecule has 0 N–H and O–H groups in total. The lowest BCUT2D eigenvalue weighted by atomic mass is 10.1. The van der Waals surface area contributed by atoms with Crippen molar-refractivity contribution >= 4 is 38.4 Å². The zero-order chi connectivity index (χ0) is 20.6. The van der Waals surface area contributed by atoms with Crippen LogP contribution in [0.1, 0.15) is 23.1 Å². The Balaban J connectivity index is 1.62. The van der Waals surface area contributed by atoms with E-state index in [9.17, 15) is 13.2 Å². The summed E-state index contributed by atoms with van der Waals surface area (Å²) in [7, 11) is -3.07. The molecule has 0 bridgehead atoms. The van der Waals surface area contributed by atoms with E-state index in [2.05, 4.69) is 4.99 Å². The lowest BCUT2D eigenvalue weighted by Crippen LogP contribution is -2.38. The van der Waals surface area contributed by atoms with E-state index < -0.39 is 9.84 Å². The van der Waals surface area contributed by atoms with E-state index in [1.165, 1.54) is 11.8 Å². The number of aryl methyl sites for hydroxylation is 2. The summed E-state index contributed by atoms with van der Waals surface area (Å²) in [5.41, 5.74) is 4.26. The van der Waals surface area contributed by atoms with Gasteiger partial charge in [-0.1, -0.05) is 54.2 Å². The summed E-state index contributed by atoms with van der Waals surface area (Å²) in [6.45, 7) is 4.06. The van der Waals surface area contributed by atoms with Crippen LogP contribution in [-0.4, -0.2) is 42.3 Å². The van der Waals surface area contributed by atoms with Crippen LogP contribution in [0.4, 0.5) is 5.69 Å². The van der Waals surface area contributed by atoms with Gasteiger partial charge < -0.3 is 4.90 Å². The third-order valence-electron chi connectivity index (χ3n) is 5.59. The SMILES string of the molecule is Cc1cccc(N2C(=NC(=O)CCc3ccccc3)S[C@H]3CS(=O)(=O)C[C@H]32)c1C. The first-order valence-electron chi connectivity index (χ1n) is 9.72. The predicted octanol–water partition coefficient (Wildman–Crippen LogP) is 3.54. The molecule has 2 aromatic carbocycles. The molecule has 0 aromatic heterocycles. The van der Waals surface area contributed by atoms with Crippen molar-refractivity contribution in [3.05, 3.63) is 65.2 Å². The summed E-state index contributed by atoms with van der Waals surface area (Å²) in [6.07, 6.45) is 0.980. The molecular weight excluding hydrogens is 404 g/mol. The van der Waals surface area contributed by atoms with Crippen LogP contribution >= 0.6 is 11.8 Å². The zero-order valence-electron chi connectivity index (χ0n) is 16.5. The van der Waals surface area contributed by atoms with Gasteiger partial charge in [-0.05, 0) is 43.0 Å². The number of carbonyl (C=O) groups is 1. The summed E-state index contributed by atoms with van der Waals surface area (Å²) in [6, 6.07) is 15.7. The van der Waals surface area contributed by atoms with Crippen LogP contribution in [0, 0.1) is 13.8 Å². The van der Waals surface area contributed by atoms with E-state index in [1.54, 1.807) is 0 Å². The largest absolute Gasteiger partial charge is 0.315 e. The van der Waals surface area contributed by atoms with E-state index in [0.717, 1.165) is 22.4 Å². The highest BCUT2D eigenvalue weighted by Gasteiger charge is 2.49. The van der Waals surface area contributed by atoms with Crippen molar-refractivity contribution in [3.8, 4) is 0 Å². The number of thioether (sulfide) groups is 1. The molecule has 2 aromatic rings. The molecule has 152 valence electrons. The minimum atomic E-state index is -3.07. The van der Waals surface area contributed by atoms with E-state index >= 15 is 0 Å². The molecule has 2 aliphatic heterocycles. The highest BCUT2D eigenvalue weighted by atomic mass is 32.2. The number of amidine groups is 1. The second kappa shape index (κ2) is 7.95. The van der Waals surface area contributed by atoms with Gasteiger partial charge in [-0.3, -0.25) is 4.79 Å². The Kier molecular flexibility index (Phi) is 5.53. The molecule has 7 heteroatoms. The Labute approximate surface area is 176 Å². The molecule has 0 unspecified atom stereocenters. The number of benzene rings is 2. The van der Waals surface area contributed by atoms with Crippen LogP contribution in [0.25, 0.3) is 0 Å². The van der Waals surface area contributed by atoms with Gasteiger partial charge >= 0.3 is 0 Å². The van der Waals surface area contributed by atoms with Gasteiger partial charge in [0, 0.05) is 17.4 Å². The van der Waals surface area contributed by atoms with E-state index in [1.807, 2.05) is 67.3 Å². The predicted molar refractivity (Wildman–Crippen MR) is 119 cm³/mol. The molecule has 1 amide bonds. The smallest absolute Gasteiger partial charge is 0.248 e. The topological polar surface area (TPSA) is 66.8 Å². The number of amides is 1. The second-order valence-electron chi connectivity index (χ2n) is 7.66. The van der Waals surface area contributed by atoms with Crippen LogP contribution < -0.4 is 4.90 Å². The Bertz CT molecular complexity index is 1060. The third kappa shape index (κ3) is 4.26. The van der Waals surface area contributed by atoms with Gasteiger partial charge in [0.05, 0.1) is 17.5 Å². The molecule has 5 nitrogen and oxygen atoms in total. The van der Waals surface area contributed by atoms with Crippen molar-refractivity contribution in [3.63, 3.8) is 0 Å². The number of nitrogens with zero attached hydrogens (tertiary/aromatic N) is 2. The van der Waals surface area contributed by atoms with Crippen molar-refractivity contribution in [1.29, 1.82) is 0 Å². The molecular formula is C22H24N2O3S2. The van der Waals surface area contributed by atoms with Crippen LogP contribution in [0.5, 0.6) is 0 Å². The quantitative estimate of drug-likeness (QED) is 0.745. The maximum atomic E-state index is 12.6. The summed E-state index contributed by atoms with van der Waals surface area (Å²) >= 11 is 1.43. The summed E-state index contributed by atoms with van der Waals surface area (Å²) in [5, 5.41) is 0.544. The molecule has 2 saturated heterocycles. The maximum Gasteiger partial charge on any atom is 0.248 e. The van der Waals surface area contributed by atoms with Gasteiger partial charge in [0.15, 0.2) is 15.0 Å². The number of rotatable bonds is 4. The first kappa shape index (κ1) is 20.2. The Morgan fingerprint density at radius 1 is 1.10 bits per heavy atom. The Hall–Kier alpha value is -2.12. The summed E-state index contributed by atoms with van der Waals surface area (Å²) in [5.74, 6) is 0.0745. The molecule has 29 heavy (non-hydrogen) atoms. The van der Waals surface area contributed by atoms with Gasteiger partial charge in [-0.15, -0.1) is 0 Å². The average molecular weight is 429 g/mol. The van der Waals surface area contributed by atoms with Gasteiger partial charge in [0.1, 0.15) is 0 Å². The number of aliphatic imine (C=N–C) groups is 1. The number of carbonyl (C=O) groups excluding carboxylic acids is 1. The van der Waals surface area contributed by atoms with Gasteiger partial charge in [0.2, 0.25) is 5.91 Å². The lowest BCUT2D eigenvalue weighted by Gasteiger charge is -2.26. The summed E-state index contributed by atoms with van der Waals surface area (Å²) in [4.78, 5) is 19.0. The fourth-order valence-electron chi connectivity index (χ4n) is 3.90. The number of anilines is 1. The zero-order valence-corrected chi connectivity index (χ0v) is 18.2. The first-order chi connectivity index (χ1) is 13.8. The van der Waals surface area contributed by atoms with E-state index in [-0.39, 0.29) is 28.7 Å². The van der Waals surface area contributed by atoms with Crippen molar-refractivity contribution in [2.45, 2.75) is 38.0 Å². The van der Waals surface area contributed by atoms with Crippen LogP contribution in [0.3, 0.4) is 0 Å². The number of hydrogen-bond acceptors (Lipinski definition) is 4. The Morgan fingerprint density at radius 2 is 1.86 bits per heavy atom. The monoisotopic (exact) mass is 428 g/mol. The maximum absolute atomic E-state index is 12.6. The number of sulfone groups is 1. The van der Waals surface area contributed by atoms with Crippen molar-refractivity contribution in [1.82, 2.24) is 0 Å². The Morgan fingerprint density at radius 3 is 2.62 bits per heavy atom. The first-order valence-corrected chi connectivity index (χ1v) is 12.4. The number of fused-ring (bicyclic) bond motifs is 1. The van der Waals surface area contributed by atoms with Crippen molar-refractivity contribution in [2.24, 2.45) is 4.99 Å². The van der Waals surface area contributed by atoms with Gasteiger partial charge in [-0.2, -0.15) is 4.99 Å². The molecule has 2 heterocycles. The van der Waals surface area contributed by atoms with Crippen LogP contribution in [0.2, 0.25) is 0 Å². The molecule has 2 fully saturated rings.